The number of aromatic nitrogens is 1. The lowest BCUT2D eigenvalue weighted by Crippen LogP contribution is -2.02. The second kappa shape index (κ2) is 5.31. The van der Waals surface area contributed by atoms with E-state index in [1.54, 1.807) is 11.3 Å². The van der Waals surface area contributed by atoms with E-state index < -0.39 is 0 Å². The third-order valence-corrected chi connectivity index (χ3v) is 4.25. The molecule has 0 aliphatic carbocycles. The first-order chi connectivity index (χ1) is 9.61. The van der Waals surface area contributed by atoms with Crippen molar-refractivity contribution in [3.05, 3.63) is 52.0 Å². The summed E-state index contributed by atoms with van der Waals surface area (Å²) in [5.41, 5.74) is 9.88. The molecule has 0 atom stereocenters. The molecular formula is C15H14ClN3S. The fraction of sp³-hybridized carbons (Fsp3) is 0.133. The maximum Gasteiger partial charge on any atom is 0.0907 e. The normalized spacial score (nSPS) is 10.9. The molecule has 102 valence electrons. The summed E-state index contributed by atoms with van der Waals surface area (Å²) in [5.74, 6) is 0. The van der Waals surface area contributed by atoms with Crippen LogP contribution in [0.5, 0.6) is 0 Å². The molecular weight excluding hydrogens is 290 g/mol. The molecule has 1 heterocycles. The number of nitrogens with two attached hydrogens (primary N) is 1. The number of nitrogens with one attached hydrogen (secondary N) is 1. The average Bonchev–Trinajstić information content (AvgIpc) is 2.77. The highest BCUT2D eigenvalue weighted by atomic mass is 35.5. The minimum absolute atomic E-state index is 0.704. The van der Waals surface area contributed by atoms with Gasteiger partial charge in [-0.05, 0) is 36.8 Å². The molecule has 0 saturated heterocycles. The highest BCUT2D eigenvalue weighted by Gasteiger charge is 2.06. The first-order valence-electron chi connectivity index (χ1n) is 6.27. The third kappa shape index (κ3) is 2.71. The van der Waals surface area contributed by atoms with Gasteiger partial charge in [-0.25, -0.2) is 4.98 Å². The molecule has 3 N–H and O–H groups in total. The van der Waals surface area contributed by atoms with Crippen LogP contribution in [0.15, 0.2) is 36.4 Å². The Bertz CT molecular complexity index is 750. The van der Waals surface area contributed by atoms with Crippen LogP contribution in [0.25, 0.3) is 10.2 Å². The van der Waals surface area contributed by atoms with Crippen molar-refractivity contribution in [3.63, 3.8) is 0 Å². The molecule has 3 aromatic rings. The van der Waals surface area contributed by atoms with E-state index >= 15 is 0 Å². The third-order valence-electron chi connectivity index (χ3n) is 3.06. The summed E-state index contributed by atoms with van der Waals surface area (Å²) in [7, 11) is 0. The Balaban J connectivity index is 1.83. The van der Waals surface area contributed by atoms with Gasteiger partial charge >= 0.3 is 0 Å². The zero-order valence-corrected chi connectivity index (χ0v) is 12.6. The molecule has 0 aliphatic heterocycles. The number of halogens is 1. The fourth-order valence-corrected chi connectivity index (χ4v) is 3.04. The summed E-state index contributed by atoms with van der Waals surface area (Å²) in [5, 5.41) is 5.14. The largest absolute Gasteiger partial charge is 0.397 e. The predicted molar refractivity (Wildman–Crippen MR) is 87.5 cm³/mol. The molecule has 0 bridgehead atoms. The Morgan fingerprint density at radius 3 is 2.75 bits per heavy atom. The molecule has 0 fully saturated rings. The molecule has 0 unspecified atom stereocenters. The lowest BCUT2D eigenvalue weighted by molar-refractivity contribution is 1.15. The number of anilines is 2. The molecule has 20 heavy (non-hydrogen) atoms. The van der Waals surface area contributed by atoms with Gasteiger partial charge in [-0.15, -0.1) is 11.3 Å². The van der Waals surface area contributed by atoms with Crippen LogP contribution in [0, 0.1) is 6.92 Å². The van der Waals surface area contributed by atoms with Gasteiger partial charge in [0.25, 0.3) is 0 Å². The predicted octanol–water partition coefficient (Wildman–Crippen LogP) is 4.45. The zero-order chi connectivity index (χ0) is 14.1. The van der Waals surface area contributed by atoms with Crippen molar-refractivity contribution in [2.24, 2.45) is 0 Å². The van der Waals surface area contributed by atoms with Crippen molar-refractivity contribution < 1.29 is 0 Å². The molecule has 3 nitrogen and oxygen atoms in total. The van der Waals surface area contributed by atoms with Gasteiger partial charge in [-0.1, -0.05) is 23.7 Å². The second-order valence-corrected chi connectivity index (χ2v) is 6.29. The monoisotopic (exact) mass is 303 g/mol. The number of fused-ring (bicyclic) bond motifs is 1. The quantitative estimate of drug-likeness (QED) is 0.703. The van der Waals surface area contributed by atoms with Gasteiger partial charge in [0.1, 0.15) is 0 Å². The van der Waals surface area contributed by atoms with E-state index in [-0.39, 0.29) is 0 Å². The van der Waals surface area contributed by atoms with Gasteiger partial charge in [0.15, 0.2) is 0 Å². The number of nitrogen functional groups attached to an aromatic ring is 1. The molecule has 0 spiro atoms. The smallest absolute Gasteiger partial charge is 0.0907 e. The van der Waals surface area contributed by atoms with Crippen molar-refractivity contribution >= 4 is 44.5 Å². The number of nitrogens with zero attached hydrogens (tertiary/aromatic N) is 1. The van der Waals surface area contributed by atoms with E-state index in [1.165, 1.54) is 0 Å². The maximum atomic E-state index is 6.08. The van der Waals surface area contributed by atoms with E-state index in [1.807, 2.05) is 43.3 Å². The minimum Gasteiger partial charge on any atom is -0.397 e. The van der Waals surface area contributed by atoms with Crippen molar-refractivity contribution in [1.29, 1.82) is 0 Å². The lowest BCUT2D eigenvalue weighted by atomic mass is 10.2. The van der Waals surface area contributed by atoms with Gasteiger partial charge in [0.05, 0.1) is 26.6 Å². The summed E-state index contributed by atoms with van der Waals surface area (Å²) < 4.78 is 1.12. The Morgan fingerprint density at radius 1 is 1.25 bits per heavy atom. The number of hydrogen-bond acceptors (Lipinski definition) is 4. The van der Waals surface area contributed by atoms with Crippen molar-refractivity contribution in [2.75, 3.05) is 11.1 Å². The second-order valence-electron chi connectivity index (χ2n) is 4.62. The van der Waals surface area contributed by atoms with E-state index in [2.05, 4.69) is 10.3 Å². The fourth-order valence-electron chi connectivity index (χ4n) is 2.06. The molecule has 2 aromatic carbocycles. The molecule has 3 rings (SSSR count). The van der Waals surface area contributed by atoms with E-state index in [9.17, 15) is 0 Å². The van der Waals surface area contributed by atoms with Gasteiger partial charge in [0, 0.05) is 11.6 Å². The number of benzene rings is 2. The van der Waals surface area contributed by atoms with Gasteiger partial charge in [-0.3, -0.25) is 0 Å². The van der Waals surface area contributed by atoms with Gasteiger partial charge in [0.2, 0.25) is 0 Å². The van der Waals surface area contributed by atoms with Crippen LogP contribution in [0.4, 0.5) is 11.4 Å². The van der Waals surface area contributed by atoms with Crippen LogP contribution in [0.1, 0.15) is 10.6 Å². The standard InChI is InChI=1S/C15H14ClN3S/c1-9-19-14-7-13(12(17)6-15(14)20-9)18-8-10-2-4-11(16)5-3-10/h2-7,18H,8,17H2,1H3. The molecule has 0 aliphatic rings. The van der Waals surface area contributed by atoms with Gasteiger partial charge < -0.3 is 11.1 Å². The summed E-state index contributed by atoms with van der Waals surface area (Å²) in [4.78, 5) is 4.49. The van der Waals surface area contributed by atoms with Crippen LogP contribution >= 0.6 is 22.9 Å². The van der Waals surface area contributed by atoms with E-state index in [0.29, 0.717) is 6.54 Å². The SMILES string of the molecule is Cc1nc2cc(NCc3ccc(Cl)cc3)c(N)cc2s1. The van der Waals surface area contributed by atoms with Crippen LogP contribution in [-0.2, 0) is 6.54 Å². The Morgan fingerprint density at radius 2 is 2.00 bits per heavy atom. The van der Waals surface area contributed by atoms with E-state index in [4.69, 9.17) is 17.3 Å². The summed E-state index contributed by atoms with van der Waals surface area (Å²) >= 11 is 7.53. The number of rotatable bonds is 3. The molecule has 0 saturated carbocycles. The first kappa shape index (κ1) is 13.2. The Labute approximate surface area is 126 Å². The van der Waals surface area contributed by atoms with Crippen LogP contribution in [-0.4, -0.2) is 4.98 Å². The lowest BCUT2D eigenvalue weighted by Gasteiger charge is -2.09. The summed E-state index contributed by atoms with van der Waals surface area (Å²) in [6.07, 6.45) is 0. The molecule has 5 heteroatoms. The van der Waals surface area contributed by atoms with Crippen molar-refractivity contribution in [1.82, 2.24) is 4.98 Å². The highest BCUT2D eigenvalue weighted by molar-refractivity contribution is 7.18. The van der Waals surface area contributed by atoms with Crippen molar-refractivity contribution in [2.45, 2.75) is 13.5 Å². The summed E-state index contributed by atoms with van der Waals surface area (Å²) in [6.45, 7) is 2.71. The Kier molecular flexibility index (Phi) is 3.51. The molecule has 1 aromatic heterocycles. The van der Waals surface area contributed by atoms with Crippen LogP contribution in [0.2, 0.25) is 5.02 Å². The molecule has 0 radical (unpaired) electrons. The van der Waals surface area contributed by atoms with Crippen molar-refractivity contribution in [3.8, 4) is 0 Å². The highest BCUT2D eigenvalue weighted by Crippen LogP contribution is 2.30. The maximum absolute atomic E-state index is 6.08. The Hall–Kier alpha value is -1.78. The van der Waals surface area contributed by atoms with E-state index in [0.717, 1.165) is 37.2 Å². The van der Waals surface area contributed by atoms with Crippen LogP contribution < -0.4 is 11.1 Å². The zero-order valence-electron chi connectivity index (χ0n) is 11.0. The minimum atomic E-state index is 0.704. The number of thiazole rings is 1. The van der Waals surface area contributed by atoms with Crippen LogP contribution in [0.3, 0.4) is 0 Å². The summed E-state index contributed by atoms with van der Waals surface area (Å²) in [6, 6.07) is 11.7. The number of hydrogen-bond donors (Lipinski definition) is 2. The number of aryl methyl sites for hydroxylation is 1. The van der Waals surface area contributed by atoms with Gasteiger partial charge in [-0.2, -0.15) is 0 Å². The average molecular weight is 304 g/mol. The molecule has 0 amide bonds. The topological polar surface area (TPSA) is 50.9 Å². The first-order valence-corrected chi connectivity index (χ1v) is 7.46.